The first kappa shape index (κ1) is 14.9. The average Bonchev–Trinajstić information content (AvgIpc) is 2.35. The number of carbonyl (C=O) groups excluding carboxylic acids is 1. The molecule has 0 fully saturated rings. The summed E-state index contributed by atoms with van der Waals surface area (Å²) in [6.07, 6.45) is -0.538. The van der Waals surface area contributed by atoms with Gasteiger partial charge in [-0.3, -0.25) is 5.32 Å². The van der Waals surface area contributed by atoms with E-state index in [0.717, 1.165) is 15.6 Å². The van der Waals surface area contributed by atoms with E-state index in [1.165, 1.54) is 0 Å². The van der Waals surface area contributed by atoms with Crippen LogP contribution >= 0.6 is 27.5 Å². The molecule has 3 nitrogen and oxygen atoms in total. The highest BCUT2D eigenvalue weighted by molar-refractivity contribution is 9.10. The number of aryl methyl sites for hydroxylation is 2. The van der Waals surface area contributed by atoms with Crippen LogP contribution in [0.5, 0.6) is 5.75 Å². The molecule has 0 spiro atoms. The van der Waals surface area contributed by atoms with Gasteiger partial charge >= 0.3 is 6.09 Å². The van der Waals surface area contributed by atoms with Crippen molar-refractivity contribution in [2.45, 2.75) is 13.8 Å². The smallest absolute Gasteiger partial charge is 0.410 e. The second kappa shape index (κ2) is 6.29. The van der Waals surface area contributed by atoms with E-state index in [2.05, 4.69) is 21.2 Å². The maximum atomic E-state index is 11.8. The molecule has 0 bridgehead atoms. The Bertz CT molecular complexity index is 635. The van der Waals surface area contributed by atoms with Gasteiger partial charge in [0.2, 0.25) is 0 Å². The summed E-state index contributed by atoms with van der Waals surface area (Å²) in [6, 6.07) is 10.7. The maximum absolute atomic E-state index is 11.8. The van der Waals surface area contributed by atoms with Gasteiger partial charge in [0.1, 0.15) is 5.75 Å². The molecule has 1 N–H and O–H groups in total. The van der Waals surface area contributed by atoms with E-state index in [9.17, 15) is 4.79 Å². The number of amides is 1. The van der Waals surface area contributed by atoms with Gasteiger partial charge in [-0.2, -0.15) is 0 Å². The number of nitrogens with one attached hydrogen (secondary N) is 1. The third-order valence-electron chi connectivity index (χ3n) is 2.69. The van der Waals surface area contributed by atoms with Crippen LogP contribution in [0, 0.1) is 13.8 Å². The van der Waals surface area contributed by atoms with Crippen LogP contribution in [0.3, 0.4) is 0 Å². The fourth-order valence-corrected chi connectivity index (χ4v) is 2.29. The van der Waals surface area contributed by atoms with Crippen molar-refractivity contribution in [3.8, 4) is 5.75 Å². The van der Waals surface area contributed by atoms with Crippen molar-refractivity contribution < 1.29 is 9.53 Å². The summed E-state index contributed by atoms with van der Waals surface area (Å²) in [5.74, 6) is 0.469. The number of rotatable bonds is 2. The third-order valence-corrected chi connectivity index (χ3v) is 3.78. The topological polar surface area (TPSA) is 38.3 Å². The summed E-state index contributed by atoms with van der Waals surface area (Å²) < 4.78 is 6.13. The average molecular weight is 355 g/mol. The summed E-state index contributed by atoms with van der Waals surface area (Å²) in [5, 5.41) is 3.35. The van der Waals surface area contributed by atoms with Crippen LogP contribution in [0.2, 0.25) is 5.02 Å². The van der Waals surface area contributed by atoms with Crippen molar-refractivity contribution in [3.63, 3.8) is 0 Å². The first-order chi connectivity index (χ1) is 9.45. The second-order valence-corrected chi connectivity index (χ2v) is 5.69. The van der Waals surface area contributed by atoms with E-state index in [4.69, 9.17) is 16.3 Å². The van der Waals surface area contributed by atoms with Crippen molar-refractivity contribution in [2.75, 3.05) is 5.32 Å². The van der Waals surface area contributed by atoms with E-state index >= 15 is 0 Å². The van der Waals surface area contributed by atoms with Gasteiger partial charge in [0.25, 0.3) is 0 Å². The Balaban J connectivity index is 2.09. The van der Waals surface area contributed by atoms with Gasteiger partial charge in [-0.15, -0.1) is 0 Å². The molecule has 0 aliphatic rings. The number of carbonyl (C=O) groups is 1. The molecular formula is C15H13BrClNO2. The molecule has 1 amide bonds. The van der Waals surface area contributed by atoms with Crippen molar-refractivity contribution in [1.29, 1.82) is 0 Å². The predicted molar refractivity (Wildman–Crippen MR) is 84.7 cm³/mol. The second-order valence-electron chi connectivity index (χ2n) is 4.40. The zero-order valence-corrected chi connectivity index (χ0v) is 13.4. The lowest BCUT2D eigenvalue weighted by Crippen LogP contribution is -2.16. The quantitative estimate of drug-likeness (QED) is 0.791. The van der Waals surface area contributed by atoms with Crippen molar-refractivity contribution >= 4 is 39.3 Å². The summed E-state index contributed by atoms with van der Waals surface area (Å²) in [4.78, 5) is 11.8. The van der Waals surface area contributed by atoms with Crippen LogP contribution in [0.25, 0.3) is 0 Å². The minimum absolute atomic E-state index is 0.469. The molecule has 0 aliphatic carbocycles. The van der Waals surface area contributed by atoms with Crippen molar-refractivity contribution in [1.82, 2.24) is 0 Å². The van der Waals surface area contributed by atoms with Crippen LogP contribution in [0.4, 0.5) is 10.5 Å². The molecule has 0 aromatic heterocycles. The number of hydrogen-bond acceptors (Lipinski definition) is 2. The van der Waals surface area contributed by atoms with E-state index in [-0.39, 0.29) is 0 Å². The predicted octanol–water partition coefficient (Wildman–Crippen LogP) is 5.33. The molecule has 0 saturated heterocycles. The molecule has 0 unspecified atom stereocenters. The number of benzene rings is 2. The summed E-state index contributed by atoms with van der Waals surface area (Å²) in [6.45, 7) is 3.74. The van der Waals surface area contributed by atoms with Gasteiger partial charge in [-0.25, -0.2) is 4.79 Å². The molecule has 2 aromatic rings. The van der Waals surface area contributed by atoms with Gasteiger partial charge in [0, 0.05) is 15.2 Å². The molecule has 2 aromatic carbocycles. The first-order valence-corrected chi connectivity index (χ1v) is 7.14. The minimum Gasteiger partial charge on any atom is -0.410 e. The molecule has 0 radical (unpaired) electrons. The van der Waals surface area contributed by atoms with Crippen LogP contribution in [0.1, 0.15) is 11.1 Å². The summed E-state index contributed by atoms with van der Waals surface area (Å²) in [7, 11) is 0. The highest BCUT2D eigenvalue weighted by atomic mass is 79.9. The molecule has 0 aliphatic heterocycles. The van der Waals surface area contributed by atoms with E-state index < -0.39 is 6.09 Å². The number of hydrogen-bond donors (Lipinski definition) is 1. The Morgan fingerprint density at radius 3 is 2.45 bits per heavy atom. The lowest BCUT2D eigenvalue weighted by Gasteiger charge is -2.09. The van der Waals surface area contributed by atoms with Gasteiger partial charge in [0.15, 0.2) is 0 Å². The van der Waals surface area contributed by atoms with E-state index in [0.29, 0.717) is 16.5 Å². The molecule has 0 saturated carbocycles. The minimum atomic E-state index is -0.538. The zero-order valence-electron chi connectivity index (χ0n) is 11.0. The SMILES string of the molecule is Cc1cc(OC(=O)Nc2cccc(Br)c2)cc(C)c1Cl. The standard InChI is InChI=1S/C15H13BrClNO2/c1-9-6-13(7-10(2)14(9)17)20-15(19)18-12-5-3-4-11(16)8-12/h3-8H,1-2H3,(H,18,19). The van der Waals surface area contributed by atoms with Gasteiger partial charge in [-0.1, -0.05) is 33.6 Å². The van der Waals surface area contributed by atoms with Crippen LogP contribution < -0.4 is 10.1 Å². The van der Waals surface area contributed by atoms with Gasteiger partial charge < -0.3 is 4.74 Å². The fourth-order valence-electron chi connectivity index (χ4n) is 1.78. The monoisotopic (exact) mass is 353 g/mol. The molecular weight excluding hydrogens is 342 g/mol. The van der Waals surface area contributed by atoms with Crippen molar-refractivity contribution in [2.24, 2.45) is 0 Å². The molecule has 0 heterocycles. The highest BCUT2D eigenvalue weighted by Crippen LogP contribution is 2.26. The number of halogens is 2. The Labute approximate surface area is 131 Å². The summed E-state index contributed by atoms with van der Waals surface area (Å²) in [5.41, 5.74) is 2.40. The normalized spacial score (nSPS) is 10.2. The Kier molecular flexibility index (Phi) is 4.68. The Morgan fingerprint density at radius 2 is 1.85 bits per heavy atom. The molecule has 20 heavy (non-hydrogen) atoms. The van der Waals surface area contributed by atoms with Crippen molar-refractivity contribution in [3.05, 3.63) is 57.0 Å². The Hall–Kier alpha value is -1.52. The lowest BCUT2D eigenvalue weighted by atomic mass is 10.1. The largest absolute Gasteiger partial charge is 0.417 e. The van der Waals surface area contributed by atoms with Crippen LogP contribution in [0.15, 0.2) is 40.9 Å². The zero-order chi connectivity index (χ0) is 14.7. The summed E-state index contributed by atoms with van der Waals surface area (Å²) >= 11 is 9.41. The number of anilines is 1. The third kappa shape index (κ3) is 3.74. The lowest BCUT2D eigenvalue weighted by molar-refractivity contribution is 0.215. The molecule has 5 heteroatoms. The van der Waals surface area contributed by atoms with E-state index in [1.54, 1.807) is 24.3 Å². The molecule has 2 rings (SSSR count). The number of ether oxygens (including phenoxy) is 1. The molecule has 104 valence electrons. The van der Waals surface area contributed by atoms with Gasteiger partial charge in [0.05, 0.1) is 0 Å². The van der Waals surface area contributed by atoms with Gasteiger partial charge in [-0.05, 0) is 55.3 Å². The maximum Gasteiger partial charge on any atom is 0.417 e. The molecule has 0 atom stereocenters. The fraction of sp³-hybridized carbons (Fsp3) is 0.133. The Morgan fingerprint density at radius 1 is 1.20 bits per heavy atom. The van der Waals surface area contributed by atoms with E-state index in [1.807, 2.05) is 26.0 Å². The highest BCUT2D eigenvalue weighted by Gasteiger charge is 2.08. The van der Waals surface area contributed by atoms with Crippen LogP contribution in [-0.2, 0) is 0 Å². The van der Waals surface area contributed by atoms with Crippen LogP contribution in [-0.4, -0.2) is 6.09 Å². The first-order valence-electron chi connectivity index (χ1n) is 5.97.